The first-order chi connectivity index (χ1) is 11.5. The number of anilines is 1. The fourth-order valence-corrected chi connectivity index (χ4v) is 4.90. The fourth-order valence-electron chi connectivity index (χ4n) is 2.85. The zero-order chi connectivity index (χ0) is 17.0. The third-order valence-corrected chi connectivity index (χ3v) is 6.83. The topological polar surface area (TPSA) is 75.3 Å². The van der Waals surface area contributed by atoms with Gasteiger partial charge in [0.2, 0.25) is 5.91 Å². The minimum Gasteiger partial charge on any atom is -0.353 e. The number of carbonyl (C=O) groups is 1. The molecular formula is C17H20N2O3S2. The van der Waals surface area contributed by atoms with Crippen LogP contribution in [-0.2, 0) is 21.2 Å². The predicted octanol–water partition coefficient (Wildman–Crippen LogP) is 3.15. The Morgan fingerprint density at radius 3 is 2.46 bits per heavy atom. The van der Waals surface area contributed by atoms with Crippen molar-refractivity contribution in [2.75, 3.05) is 4.72 Å². The standard InChI is InChI=1S/C17H20N2O3S2/c20-16(18-14-4-1-2-5-14)12-13-7-9-15(10-8-13)19-24(21,22)17-6-3-11-23-17/h3,6-11,14,19H,1-2,4-5,12H2,(H,18,20). The minimum absolute atomic E-state index is 0.0221. The van der Waals surface area contributed by atoms with Crippen LogP contribution in [0.3, 0.4) is 0 Å². The molecule has 0 saturated heterocycles. The molecule has 7 heteroatoms. The van der Waals surface area contributed by atoms with E-state index in [9.17, 15) is 13.2 Å². The van der Waals surface area contributed by atoms with Gasteiger partial charge in [-0.2, -0.15) is 0 Å². The third-order valence-electron chi connectivity index (χ3n) is 4.05. The van der Waals surface area contributed by atoms with E-state index in [1.165, 1.54) is 24.2 Å². The van der Waals surface area contributed by atoms with E-state index in [1.54, 1.807) is 41.8 Å². The Kier molecular flexibility index (Phi) is 5.20. The quantitative estimate of drug-likeness (QED) is 0.827. The van der Waals surface area contributed by atoms with Gasteiger partial charge in [0, 0.05) is 11.7 Å². The molecule has 2 aromatic rings. The van der Waals surface area contributed by atoms with Crippen molar-refractivity contribution in [1.29, 1.82) is 0 Å². The first-order valence-electron chi connectivity index (χ1n) is 7.97. The van der Waals surface area contributed by atoms with E-state index < -0.39 is 10.0 Å². The summed E-state index contributed by atoms with van der Waals surface area (Å²) in [6.07, 6.45) is 4.81. The Hall–Kier alpha value is -1.86. The van der Waals surface area contributed by atoms with Gasteiger partial charge in [0.05, 0.1) is 6.42 Å². The zero-order valence-electron chi connectivity index (χ0n) is 13.2. The molecule has 1 saturated carbocycles. The van der Waals surface area contributed by atoms with Gasteiger partial charge in [-0.25, -0.2) is 8.42 Å². The molecule has 5 nitrogen and oxygen atoms in total. The Labute approximate surface area is 146 Å². The summed E-state index contributed by atoms with van der Waals surface area (Å²) in [5.74, 6) is 0.0221. The van der Waals surface area contributed by atoms with Gasteiger partial charge in [-0.1, -0.05) is 31.0 Å². The van der Waals surface area contributed by atoms with Gasteiger partial charge in [-0.3, -0.25) is 9.52 Å². The van der Waals surface area contributed by atoms with Crippen molar-refractivity contribution >= 4 is 33.0 Å². The maximum Gasteiger partial charge on any atom is 0.271 e. The van der Waals surface area contributed by atoms with Crippen molar-refractivity contribution < 1.29 is 13.2 Å². The van der Waals surface area contributed by atoms with Gasteiger partial charge in [0.15, 0.2) is 0 Å². The van der Waals surface area contributed by atoms with Gasteiger partial charge in [0.1, 0.15) is 4.21 Å². The Bertz CT molecular complexity index is 778. The highest BCUT2D eigenvalue weighted by molar-refractivity contribution is 7.94. The van der Waals surface area contributed by atoms with Crippen LogP contribution in [0, 0.1) is 0 Å². The lowest BCUT2D eigenvalue weighted by molar-refractivity contribution is -0.121. The molecule has 24 heavy (non-hydrogen) atoms. The lowest BCUT2D eigenvalue weighted by Crippen LogP contribution is -2.33. The van der Waals surface area contributed by atoms with E-state index in [2.05, 4.69) is 10.0 Å². The maximum absolute atomic E-state index is 12.2. The molecule has 1 heterocycles. The van der Waals surface area contributed by atoms with Gasteiger partial charge < -0.3 is 5.32 Å². The Morgan fingerprint density at radius 2 is 1.83 bits per heavy atom. The number of hydrogen-bond acceptors (Lipinski definition) is 4. The monoisotopic (exact) mass is 364 g/mol. The van der Waals surface area contributed by atoms with Crippen LogP contribution in [0.2, 0.25) is 0 Å². The van der Waals surface area contributed by atoms with Crippen LogP contribution in [0.25, 0.3) is 0 Å². The molecule has 1 aliphatic rings. The molecule has 0 aliphatic heterocycles. The molecule has 1 aliphatic carbocycles. The van der Waals surface area contributed by atoms with Gasteiger partial charge in [-0.05, 0) is 42.0 Å². The molecule has 1 fully saturated rings. The van der Waals surface area contributed by atoms with Crippen LogP contribution in [0.4, 0.5) is 5.69 Å². The summed E-state index contributed by atoms with van der Waals surface area (Å²) in [6, 6.07) is 10.5. The highest BCUT2D eigenvalue weighted by atomic mass is 32.2. The second-order valence-electron chi connectivity index (χ2n) is 5.96. The summed E-state index contributed by atoms with van der Waals surface area (Å²) >= 11 is 1.17. The average Bonchev–Trinajstić information content (AvgIpc) is 3.22. The van der Waals surface area contributed by atoms with Gasteiger partial charge in [0.25, 0.3) is 10.0 Å². The molecule has 2 N–H and O–H groups in total. The van der Waals surface area contributed by atoms with E-state index in [1.807, 2.05) is 0 Å². The molecule has 1 aromatic heterocycles. The lowest BCUT2D eigenvalue weighted by atomic mass is 10.1. The highest BCUT2D eigenvalue weighted by Crippen LogP contribution is 2.21. The van der Waals surface area contributed by atoms with E-state index in [-0.39, 0.29) is 10.1 Å². The Morgan fingerprint density at radius 1 is 1.12 bits per heavy atom. The summed E-state index contributed by atoms with van der Waals surface area (Å²) in [7, 11) is -3.53. The van der Waals surface area contributed by atoms with Crippen LogP contribution in [0.1, 0.15) is 31.2 Å². The minimum atomic E-state index is -3.53. The number of hydrogen-bond donors (Lipinski definition) is 2. The number of benzene rings is 1. The Balaban J connectivity index is 1.58. The van der Waals surface area contributed by atoms with E-state index >= 15 is 0 Å². The predicted molar refractivity (Wildman–Crippen MR) is 95.7 cm³/mol. The van der Waals surface area contributed by atoms with Crippen LogP contribution in [0.5, 0.6) is 0 Å². The number of rotatable bonds is 6. The van der Waals surface area contributed by atoms with Gasteiger partial charge >= 0.3 is 0 Å². The van der Waals surface area contributed by atoms with Gasteiger partial charge in [-0.15, -0.1) is 11.3 Å². The normalized spacial score (nSPS) is 15.3. The van der Waals surface area contributed by atoms with Crippen molar-refractivity contribution in [2.24, 2.45) is 0 Å². The van der Waals surface area contributed by atoms with Crippen molar-refractivity contribution in [2.45, 2.75) is 42.4 Å². The van der Waals surface area contributed by atoms with Crippen LogP contribution in [0.15, 0.2) is 46.0 Å². The molecular weight excluding hydrogens is 344 g/mol. The number of amides is 1. The SMILES string of the molecule is O=C(Cc1ccc(NS(=O)(=O)c2cccs2)cc1)NC1CCCC1. The largest absolute Gasteiger partial charge is 0.353 e. The third kappa shape index (κ3) is 4.36. The first-order valence-corrected chi connectivity index (χ1v) is 10.3. The molecule has 1 aromatic carbocycles. The van der Waals surface area contributed by atoms with Crippen molar-refractivity contribution in [3.05, 3.63) is 47.3 Å². The molecule has 0 spiro atoms. The van der Waals surface area contributed by atoms with Crippen molar-refractivity contribution in [3.63, 3.8) is 0 Å². The summed E-state index contributed by atoms with van der Waals surface area (Å²) in [5, 5.41) is 4.77. The molecule has 0 unspecified atom stereocenters. The second-order valence-corrected chi connectivity index (χ2v) is 8.82. The first kappa shape index (κ1) is 17.0. The molecule has 1 amide bonds. The van der Waals surface area contributed by atoms with E-state index in [0.29, 0.717) is 18.2 Å². The molecule has 0 bridgehead atoms. The number of carbonyl (C=O) groups excluding carboxylic acids is 1. The zero-order valence-corrected chi connectivity index (χ0v) is 14.8. The molecule has 128 valence electrons. The number of thiophene rings is 1. The summed E-state index contributed by atoms with van der Waals surface area (Å²) in [6.45, 7) is 0. The van der Waals surface area contributed by atoms with Crippen LogP contribution >= 0.6 is 11.3 Å². The lowest BCUT2D eigenvalue weighted by Gasteiger charge is -2.12. The number of sulfonamides is 1. The smallest absolute Gasteiger partial charge is 0.271 e. The summed E-state index contributed by atoms with van der Waals surface area (Å²) in [4.78, 5) is 12.0. The fraction of sp³-hybridized carbons (Fsp3) is 0.353. The molecule has 0 radical (unpaired) electrons. The number of nitrogens with one attached hydrogen (secondary N) is 2. The molecule has 0 atom stereocenters. The summed E-state index contributed by atoms with van der Waals surface area (Å²) < 4.78 is 27.1. The highest BCUT2D eigenvalue weighted by Gasteiger charge is 2.17. The second kappa shape index (κ2) is 7.36. The van der Waals surface area contributed by atoms with Crippen LogP contribution < -0.4 is 10.0 Å². The molecule has 3 rings (SSSR count). The van der Waals surface area contributed by atoms with Crippen LogP contribution in [-0.4, -0.2) is 20.4 Å². The summed E-state index contributed by atoms with van der Waals surface area (Å²) in [5.41, 5.74) is 1.35. The van der Waals surface area contributed by atoms with Crippen molar-refractivity contribution in [3.8, 4) is 0 Å². The average molecular weight is 364 g/mol. The van der Waals surface area contributed by atoms with E-state index in [4.69, 9.17) is 0 Å². The van der Waals surface area contributed by atoms with E-state index in [0.717, 1.165) is 18.4 Å². The maximum atomic E-state index is 12.2. The van der Waals surface area contributed by atoms with Crippen molar-refractivity contribution in [1.82, 2.24) is 5.32 Å².